The fraction of sp³-hybridized carbons (Fsp3) is 0. The molecule has 8 rings (SSSR count). The van der Waals surface area contributed by atoms with Gasteiger partial charge in [0, 0.05) is 0 Å². The predicted molar refractivity (Wildman–Crippen MR) is 197 cm³/mol. The van der Waals surface area contributed by atoms with Gasteiger partial charge in [-0.15, -0.1) is 59.7 Å². The van der Waals surface area contributed by atoms with Crippen LogP contribution < -0.4 is 24.8 Å². The first-order valence-corrected chi connectivity index (χ1v) is 15.8. The molecule has 0 aliphatic carbocycles. The first-order chi connectivity index (χ1) is 22.9. The van der Waals surface area contributed by atoms with Gasteiger partial charge in [-0.3, -0.25) is 0 Å². The minimum absolute atomic E-state index is 0. The minimum Gasteiger partial charge on any atom is -1.00 e. The Balaban J connectivity index is 0.000000208. The number of hydrogen-bond donors (Lipinski definition) is 0. The van der Waals surface area contributed by atoms with E-state index in [1.165, 1.54) is 66.8 Å². The van der Waals surface area contributed by atoms with Crippen LogP contribution in [0.5, 0.6) is 0 Å². The van der Waals surface area contributed by atoms with Crippen LogP contribution in [0, 0.1) is 0 Å². The van der Waals surface area contributed by atoms with Crippen molar-refractivity contribution in [3.05, 3.63) is 206 Å². The van der Waals surface area contributed by atoms with Gasteiger partial charge in [-0.05, 0) is 0 Å². The third-order valence-electron chi connectivity index (χ3n) is 8.37. The number of hydrogen-bond acceptors (Lipinski definition) is 0. The van der Waals surface area contributed by atoms with Crippen LogP contribution >= 0.6 is 0 Å². The summed E-state index contributed by atoms with van der Waals surface area (Å²) in [6.07, 6.45) is 0. The molecule has 0 radical (unpaired) electrons. The van der Waals surface area contributed by atoms with Crippen LogP contribution in [0.25, 0.3) is 66.8 Å². The first kappa shape index (κ1) is 37.3. The normalized spacial score (nSPS) is 9.96. The van der Waals surface area contributed by atoms with Crippen LogP contribution in [0.4, 0.5) is 0 Å². The maximum absolute atomic E-state index is 2.24. The summed E-state index contributed by atoms with van der Waals surface area (Å²) in [7, 11) is 0. The average Bonchev–Trinajstić information content (AvgIpc) is 3.80. The summed E-state index contributed by atoms with van der Waals surface area (Å²) in [6, 6.07) is 72.7. The Morgan fingerprint density at radius 1 is 0.265 bits per heavy atom. The van der Waals surface area contributed by atoms with E-state index in [1.54, 1.807) is 0 Å². The standard InChI is InChI=1S/2C23H17.2ClH.Zr/c2*1-4-10-18(11-5-1)21-16-17-22(19-12-6-2-7-13-19)23(21)20-14-8-3-9-15-20;;;/h2*1-17H;2*1H;/q2*-1;;;+4/p-2. The Morgan fingerprint density at radius 3 is 0.796 bits per heavy atom. The molecule has 0 atom stereocenters. The molecule has 0 aromatic heterocycles. The molecule has 0 spiro atoms. The van der Waals surface area contributed by atoms with E-state index in [1.807, 2.05) is 0 Å². The van der Waals surface area contributed by atoms with E-state index in [2.05, 4.69) is 206 Å². The second-order valence-corrected chi connectivity index (χ2v) is 11.3. The van der Waals surface area contributed by atoms with E-state index < -0.39 is 0 Å². The molecule has 0 amide bonds. The summed E-state index contributed by atoms with van der Waals surface area (Å²) in [5.41, 5.74) is 15.3. The molecule has 0 N–H and O–H groups in total. The quantitative estimate of drug-likeness (QED) is 0.164. The molecule has 0 nitrogen and oxygen atoms in total. The van der Waals surface area contributed by atoms with E-state index in [4.69, 9.17) is 0 Å². The van der Waals surface area contributed by atoms with Gasteiger partial charge in [0.05, 0.1) is 0 Å². The molecule has 0 fully saturated rings. The van der Waals surface area contributed by atoms with Gasteiger partial charge in [0.15, 0.2) is 0 Å². The summed E-state index contributed by atoms with van der Waals surface area (Å²) in [4.78, 5) is 0. The smallest absolute Gasteiger partial charge is 1.00 e. The van der Waals surface area contributed by atoms with Gasteiger partial charge in [0.2, 0.25) is 0 Å². The molecule has 0 bridgehead atoms. The van der Waals surface area contributed by atoms with Crippen molar-refractivity contribution in [2.24, 2.45) is 0 Å². The van der Waals surface area contributed by atoms with Gasteiger partial charge in [0.25, 0.3) is 0 Å². The number of benzene rings is 6. The fourth-order valence-electron chi connectivity index (χ4n) is 6.22. The van der Waals surface area contributed by atoms with Crippen LogP contribution in [-0.2, 0) is 26.2 Å². The maximum atomic E-state index is 2.24. The molecule has 0 saturated carbocycles. The molecule has 0 aliphatic heterocycles. The van der Waals surface area contributed by atoms with E-state index in [0.29, 0.717) is 0 Å². The van der Waals surface area contributed by atoms with Crippen LogP contribution in [0.1, 0.15) is 0 Å². The van der Waals surface area contributed by atoms with Crippen molar-refractivity contribution in [1.82, 2.24) is 0 Å². The van der Waals surface area contributed by atoms with Gasteiger partial charge < -0.3 is 24.8 Å². The summed E-state index contributed by atoms with van der Waals surface area (Å²) in [6.45, 7) is 0. The fourth-order valence-corrected chi connectivity index (χ4v) is 6.22. The summed E-state index contributed by atoms with van der Waals surface area (Å²) in [5, 5.41) is 0. The zero-order valence-corrected chi connectivity index (χ0v) is 30.9. The number of rotatable bonds is 6. The van der Waals surface area contributed by atoms with Crippen molar-refractivity contribution >= 4 is 0 Å². The Kier molecular flexibility index (Phi) is 13.9. The topological polar surface area (TPSA) is 0 Å². The molecule has 0 heterocycles. The van der Waals surface area contributed by atoms with Gasteiger partial charge in [-0.25, -0.2) is 0 Å². The molecular weight excluding hydrogens is 715 g/mol. The summed E-state index contributed by atoms with van der Waals surface area (Å²) in [5.74, 6) is 0. The van der Waals surface area contributed by atoms with Crippen molar-refractivity contribution in [3.8, 4) is 66.8 Å². The third-order valence-corrected chi connectivity index (χ3v) is 8.37. The zero-order chi connectivity index (χ0) is 31.0. The van der Waals surface area contributed by atoms with E-state index in [0.717, 1.165) is 0 Å². The number of halogens is 2. The van der Waals surface area contributed by atoms with Crippen molar-refractivity contribution in [3.63, 3.8) is 0 Å². The molecule has 0 unspecified atom stereocenters. The maximum Gasteiger partial charge on any atom is 4.00 e. The molecule has 8 aromatic rings. The Morgan fingerprint density at radius 2 is 0.510 bits per heavy atom. The van der Waals surface area contributed by atoms with Crippen molar-refractivity contribution in [1.29, 1.82) is 0 Å². The molecule has 49 heavy (non-hydrogen) atoms. The van der Waals surface area contributed by atoms with Crippen molar-refractivity contribution in [2.45, 2.75) is 0 Å². The summed E-state index contributed by atoms with van der Waals surface area (Å²) >= 11 is 0. The van der Waals surface area contributed by atoms with Gasteiger partial charge >= 0.3 is 26.2 Å². The Hall–Kier alpha value is -4.52. The molecule has 3 heteroatoms. The van der Waals surface area contributed by atoms with Crippen LogP contribution in [0.3, 0.4) is 0 Å². The third kappa shape index (κ3) is 8.56. The molecule has 0 aliphatic rings. The monoisotopic (exact) mass is 746 g/mol. The largest absolute Gasteiger partial charge is 4.00 e. The van der Waals surface area contributed by atoms with Gasteiger partial charge in [-0.2, -0.15) is 0 Å². The first-order valence-electron chi connectivity index (χ1n) is 15.8. The van der Waals surface area contributed by atoms with Gasteiger partial charge in [-0.1, -0.05) is 213 Å². The Bertz CT molecular complexity index is 1830. The van der Waals surface area contributed by atoms with Crippen molar-refractivity contribution in [2.75, 3.05) is 0 Å². The van der Waals surface area contributed by atoms with Crippen LogP contribution in [0.2, 0.25) is 0 Å². The SMILES string of the molecule is [Cl-].[Cl-].[Zr+4].c1ccc(-c2cc[c-](-c3ccccc3)c2-c2ccccc2)cc1.c1ccc(-c2cc[c-](-c3ccccc3)c2-c2ccccc2)cc1. The van der Waals surface area contributed by atoms with Crippen molar-refractivity contribution < 1.29 is 51.0 Å². The van der Waals surface area contributed by atoms with Gasteiger partial charge in [0.1, 0.15) is 0 Å². The minimum atomic E-state index is 0. The zero-order valence-electron chi connectivity index (χ0n) is 26.9. The van der Waals surface area contributed by atoms with E-state index >= 15 is 0 Å². The molecule has 0 saturated heterocycles. The molecule has 8 aromatic carbocycles. The molecular formula is C46H34Cl2Zr. The average molecular weight is 749 g/mol. The van der Waals surface area contributed by atoms with Crippen LogP contribution in [-0.4, -0.2) is 0 Å². The Labute approximate surface area is 321 Å². The van der Waals surface area contributed by atoms with E-state index in [-0.39, 0.29) is 51.0 Å². The van der Waals surface area contributed by atoms with E-state index in [9.17, 15) is 0 Å². The predicted octanol–water partition coefficient (Wildman–Crippen LogP) is 6.82. The molecule has 236 valence electrons. The van der Waals surface area contributed by atoms with Crippen LogP contribution in [0.15, 0.2) is 206 Å². The summed E-state index contributed by atoms with van der Waals surface area (Å²) < 4.78 is 0. The second kappa shape index (κ2) is 18.3. The second-order valence-electron chi connectivity index (χ2n) is 11.3.